The molecule has 1 fully saturated rings. The molecule has 0 aliphatic carbocycles. The van der Waals surface area contributed by atoms with Gasteiger partial charge in [-0.1, -0.05) is 63.9 Å². The molecule has 4 unspecified atom stereocenters. The molecule has 0 spiro atoms. The van der Waals surface area contributed by atoms with Crippen LogP contribution in [0.15, 0.2) is 30.3 Å². The lowest BCUT2D eigenvalue weighted by Gasteiger charge is -2.30. The van der Waals surface area contributed by atoms with Crippen LogP contribution in [0.4, 0.5) is 0 Å². The summed E-state index contributed by atoms with van der Waals surface area (Å²) in [5, 5.41) is 3.57. The second-order valence-electron chi connectivity index (χ2n) is 6.23. The minimum Gasteiger partial charge on any atom is -0.319 e. The smallest absolute Gasteiger partial charge is 0.241 e. The third-order valence-corrected chi connectivity index (χ3v) is 4.65. The molecule has 1 aliphatic heterocycles. The first kappa shape index (κ1) is 16.0. The van der Waals surface area contributed by atoms with Crippen molar-refractivity contribution in [2.75, 3.05) is 0 Å². The molecule has 3 heteroatoms. The highest BCUT2D eigenvalue weighted by molar-refractivity contribution is 5.85. The van der Waals surface area contributed by atoms with Crippen LogP contribution >= 0.6 is 0 Å². The molecule has 0 aromatic heterocycles. The zero-order valence-electron chi connectivity index (χ0n) is 13.7. The minimum absolute atomic E-state index is 0.0132. The highest BCUT2D eigenvalue weighted by atomic mass is 16.2. The van der Waals surface area contributed by atoms with Crippen LogP contribution < -0.4 is 5.32 Å². The summed E-state index contributed by atoms with van der Waals surface area (Å²) < 4.78 is 0. The van der Waals surface area contributed by atoms with Crippen molar-refractivity contribution in [2.24, 2.45) is 5.92 Å². The quantitative estimate of drug-likeness (QED) is 0.865. The van der Waals surface area contributed by atoms with Gasteiger partial charge in [0.1, 0.15) is 6.17 Å². The van der Waals surface area contributed by atoms with Crippen LogP contribution in [0, 0.1) is 5.92 Å². The molecule has 1 aromatic rings. The number of carbonyl (C=O) groups is 1. The molecule has 0 bridgehead atoms. The number of hydrogen-bond acceptors (Lipinski definition) is 2. The summed E-state index contributed by atoms with van der Waals surface area (Å²) >= 11 is 0. The Morgan fingerprint density at radius 3 is 2.43 bits per heavy atom. The van der Waals surface area contributed by atoms with E-state index in [9.17, 15) is 4.79 Å². The van der Waals surface area contributed by atoms with Crippen LogP contribution in [0.1, 0.15) is 58.7 Å². The van der Waals surface area contributed by atoms with E-state index in [0.29, 0.717) is 5.92 Å². The lowest BCUT2D eigenvalue weighted by Crippen LogP contribution is -2.39. The molecular formula is C18H28N2O. The second-order valence-corrected chi connectivity index (χ2v) is 6.23. The Morgan fingerprint density at radius 1 is 1.19 bits per heavy atom. The normalized spacial score (nSPS) is 25.1. The summed E-state index contributed by atoms with van der Waals surface area (Å²) in [7, 11) is 0. The van der Waals surface area contributed by atoms with E-state index in [-0.39, 0.29) is 24.2 Å². The van der Waals surface area contributed by atoms with Crippen molar-refractivity contribution in [2.45, 2.75) is 65.2 Å². The van der Waals surface area contributed by atoms with Crippen LogP contribution in [0.3, 0.4) is 0 Å². The van der Waals surface area contributed by atoms with E-state index < -0.39 is 0 Å². The van der Waals surface area contributed by atoms with Crippen molar-refractivity contribution in [3.63, 3.8) is 0 Å². The molecule has 3 nitrogen and oxygen atoms in total. The van der Waals surface area contributed by atoms with E-state index in [0.717, 1.165) is 19.3 Å². The fourth-order valence-corrected chi connectivity index (χ4v) is 3.17. The van der Waals surface area contributed by atoms with E-state index in [1.165, 1.54) is 5.56 Å². The maximum atomic E-state index is 12.9. The number of benzene rings is 1. The van der Waals surface area contributed by atoms with E-state index in [2.05, 4.69) is 50.0 Å². The molecular weight excluding hydrogens is 260 g/mol. The Kier molecular flexibility index (Phi) is 5.40. The maximum absolute atomic E-state index is 12.9. The molecule has 0 radical (unpaired) electrons. The lowest BCUT2D eigenvalue weighted by molar-refractivity contribution is -0.133. The Morgan fingerprint density at radius 2 is 1.86 bits per heavy atom. The first-order chi connectivity index (χ1) is 10.1. The van der Waals surface area contributed by atoms with Crippen LogP contribution in [0.25, 0.3) is 0 Å². The average Bonchev–Trinajstić information content (AvgIpc) is 2.85. The number of nitrogens with one attached hydrogen (secondary N) is 1. The summed E-state index contributed by atoms with van der Waals surface area (Å²) in [5.74, 6) is 0.627. The Balaban J connectivity index is 2.29. The van der Waals surface area contributed by atoms with E-state index >= 15 is 0 Å². The largest absolute Gasteiger partial charge is 0.319 e. The van der Waals surface area contributed by atoms with Gasteiger partial charge in [0.25, 0.3) is 0 Å². The summed E-state index contributed by atoms with van der Waals surface area (Å²) in [6.45, 7) is 8.65. The van der Waals surface area contributed by atoms with E-state index in [1.54, 1.807) is 0 Å². The number of rotatable bonds is 6. The predicted octanol–water partition coefficient (Wildman–Crippen LogP) is 3.72. The van der Waals surface area contributed by atoms with Crippen LogP contribution in [0.5, 0.6) is 0 Å². The van der Waals surface area contributed by atoms with Crippen molar-refractivity contribution >= 4 is 5.91 Å². The van der Waals surface area contributed by atoms with Gasteiger partial charge in [0, 0.05) is 6.04 Å². The number of carbonyl (C=O) groups excluding carboxylic acids is 1. The van der Waals surface area contributed by atoms with E-state index in [1.807, 2.05) is 18.2 Å². The van der Waals surface area contributed by atoms with Gasteiger partial charge in [-0.25, -0.2) is 0 Å². The summed E-state index contributed by atoms with van der Waals surface area (Å²) in [6.07, 6.45) is 3.17. The first-order valence-electron chi connectivity index (χ1n) is 8.23. The van der Waals surface area contributed by atoms with Crippen LogP contribution in [0.2, 0.25) is 0 Å². The third kappa shape index (κ3) is 3.29. The zero-order valence-corrected chi connectivity index (χ0v) is 13.7. The van der Waals surface area contributed by atoms with Crippen molar-refractivity contribution in [3.8, 4) is 0 Å². The monoisotopic (exact) mass is 288 g/mol. The predicted molar refractivity (Wildman–Crippen MR) is 86.8 cm³/mol. The fourth-order valence-electron chi connectivity index (χ4n) is 3.17. The van der Waals surface area contributed by atoms with Crippen molar-refractivity contribution in [1.29, 1.82) is 0 Å². The van der Waals surface area contributed by atoms with Gasteiger partial charge in [0.15, 0.2) is 0 Å². The molecule has 0 saturated carbocycles. The van der Waals surface area contributed by atoms with Gasteiger partial charge in [-0.05, 0) is 24.8 Å². The Labute approximate surface area is 128 Å². The summed E-state index contributed by atoms with van der Waals surface area (Å²) in [6, 6.07) is 10.5. The maximum Gasteiger partial charge on any atom is 0.241 e. The minimum atomic E-state index is -0.0560. The van der Waals surface area contributed by atoms with Gasteiger partial charge in [0.05, 0.1) is 6.04 Å². The van der Waals surface area contributed by atoms with Gasteiger partial charge < -0.3 is 4.90 Å². The summed E-state index contributed by atoms with van der Waals surface area (Å²) in [5.41, 5.74) is 1.18. The van der Waals surface area contributed by atoms with Crippen LogP contribution in [-0.4, -0.2) is 22.9 Å². The average molecular weight is 288 g/mol. The van der Waals surface area contributed by atoms with E-state index in [4.69, 9.17) is 0 Å². The SMILES string of the molecule is CCCC(C)N1C(=O)C(C(C)CC)NC1c1ccccc1. The second kappa shape index (κ2) is 7.08. The van der Waals surface area contributed by atoms with Crippen molar-refractivity contribution in [1.82, 2.24) is 10.2 Å². The van der Waals surface area contributed by atoms with Gasteiger partial charge >= 0.3 is 0 Å². The number of hydrogen-bond donors (Lipinski definition) is 1. The van der Waals surface area contributed by atoms with Crippen molar-refractivity contribution in [3.05, 3.63) is 35.9 Å². The summed E-state index contributed by atoms with van der Waals surface area (Å²) in [4.78, 5) is 14.9. The fraction of sp³-hybridized carbons (Fsp3) is 0.611. The highest BCUT2D eigenvalue weighted by Crippen LogP contribution is 2.31. The van der Waals surface area contributed by atoms with Gasteiger partial charge in [-0.2, -0.15) is 0 Å². The topological polar surface area (TPSA) is 32.3 Å². The number of nitrogens with zero attached hydrogens (tertiary/aromatic N) is 1. The van der Waals surface area contributed by atoms with Gasteiger partial charge in [-0.3, -0.25) is 10.1 Å². The lowest BCUT2D eigenvalue weighted by atomic mass is 9.99. The molecule has 1 aliphatic rings. The molecule has 2 rings (SSSR count). The van der Waals surface area contributed by atoms with Crippen molar-refractivity contribution < 1.29 is 4.79 Å². The molecule has 1 saturated heterocycles. The Bertz CT molecular complexity index is 460. The number of amides is 1. The molecule has 116 valence electrons. The third-order valence-electron chi connectivity index (χ3n) is 4.65. The first-order valence-corrected chi connectivity index (χ1v) is 8.23. The highest BCUT2D eigenvalue weighted by Gasteiger charge is 2.43. The van der Waals surface area contributed by atoms with Crippen LogP contribution in [-0.2, 0) is 4.79 Å². The Hall–Kier alpha value is -1.35. The van der Waals surface area contributed by atoms with Gasteiger partial charge in [-0.15, -0.1) is 0 Å². The molecule has 21 heavy (non-hydrogen) atoms. The zero-order chi connectivity index (χ0) is 15.4. The van der Waals surface area contributed by atoms with Gasteiger partial charge in [0.2, 0.25) is 5.91 Å². The standard InChI is InChI=1S/C18H28N2O/c1-5-10-14(4)20-17(15-11-8-7-9-12-15)19-16(18(20)21)13(3)6-2/h7-9,11-14,16-17,19H,5-6,10H2,1-4H3. The molecule has 1 aromatic carbocycles. The molecule has 4 atom stereocenters. The molecule has 1 heterocycles. The molecule has 1 N–H and O–H groups in total. The molecule has 1 amide bonds.